The fourth-order valence-electron chi connectivity index (χ4n) is 2.34. The van der Waals surface area contributed by atoms with Gasteiger partial charge in [-0.15, -0.1) is 0 Å². The van der Waals surface area contributed by atoms with Gasteiger partial charge in [0.2, 0.25) is 0 Å². The van der Waals surface area contributed by atoms with Gasteiger partial charge in [-0.2, -0.15) is 0 Å². The van der Waals surface area contributed by atoms with Gasteiger partial charge in [-0.05, 0) is 25.0 Å². The molecule has 0 aliphatic heterocycles. The van der Waals surface area contributed by atoms with E-state index in [0.29, 0.717) is 12.6 Å². The van der Waals surface area contributed by atoms with Crippen molar-refractivity contribution in [3.8, 4) is 0 Å². The molecule has 1 rings (SSSR count). The summed E-state index contributed by atoms with van der Waals surface area (Å²) in [6.07, 6.45) is 2.30. The maximum Gasteiger partial charge on any atom is 0.0589 e. The Labute approximate surface area is 117 Å². The highest BCUT2D eigenvalue weighted by Crippen LogP contribution is 2.12. The SMILES string of the molecule is CCC(CC)N(CCOC)Cc1cccc(CN)n1. The highest BCUT2D eigenvalue weighted by Gasteiger charge is 2.15. The minimum Gasteiger partial charge on any atom is -0.383 e. The maximum atomic E-state index is 5.65. The van der Waals surface area contributed by atoms with Crippen LogP contribution < -0.4 is 5.73 Å². The number of ether oxygens (including phenoxy) is 1. The van der Waals surface area contributed by atoms with Crippen molar-refractivity contribution >= 4 is 0 Å². The van der Waals surface area contributed by atoms with E-state index in [1.165, 1.54) is 0 Å². The smallest absolute Gasteiger partial charge is 0.0589 e. The standard InChI is InChI=1S/C15H27N3O/c1-4-15(5-2)18(9-10-19-3)12-14-8-6-7-13(11-16)17-14/h6-8,15H,4-5,9-12,16H2,1-3H3. The van der Waals surface area contributed by atoms with Crippen LogP contribution in [-0.2, 0) is 17.8 Å². The van der Waals surface area contributed by atoms with E-state index in [9.17, 15) is 0 Å². The second-order valence-electron chi connectivity index (χ2n) is 4.76. The largest absolute Gasteiger partial charge is 0.383 e. The van der Waals surface area contributed by atoms with Crippen molar-refractivity contribution in [3.05, 3.63) is 29.6 Å². The summed E-state index contributed by atoms with van der Waals surface area (Å²) >= 11 is 0. The Bertz CT molecular complexity index is 353. The molecule has 0 aromatic carbocycles. The second-order valence-corrected chi connectivity index (χ2v) is 4.76. The third-order valence-corrected chi connectivity index (χ3v) is 3.48. The molecule has 0 saturated heterocycles. The van der Waals surface area contributed by atoms with Gasteiger partial charge in [-0.1, -0.05) is 19.9 Å². The van der Waals surface area contributed by atoms with Gasteiger partial charge in [-0.25, -0.2) is 0 Å². The highest BCUT2D eigenvalue weighted by molar-refractivity contribution is 5.11. The number of nitrogens with two attached hydrogens (primary N) is 1. The third-order valence-electron chi connectivity index (χ3n) is 3.48. The predicted molar refractivity (Wildman–Crippen MR) is 78.8 cm³/mol. The van der Waals surface area contributed by atoms with Gasteiger partial charge in [0.05, 0.1) is 18.0 Å². The minimum absolute atomic E-state index is 0.497. The van der Waals surface area contributed by atoms with Crippen LogP contribution in [0.3, 0.4) is 0 Å². The van der Waals surface area contributed by atoms with Crippen LogP contribution in [0.25, 0.3) is 0 Å². The van der Waals surface area contributed by atoms with Gasteiger partial charge in [0.1, 0.15) is 0 Å². The first kappa shape index (κ1) is 16.1. The zero-order chi connectivity index (χ0) is 14.1. The van der Waals surface area contributed by atoms with Crippen molar-refractivity contribution < 1.29 is 4.74 Å². The first-order valence-corrected chi connectivity index (χ1v) is 7.12. The van der Waals surface area contributed by atoms with Crippen molar-refractivity contribution in [3.63, 3.8) is 0 Å². The van der Waals surface area contributed by atoms with Gasteiger partial charge < -0.3 is 10.5 Å². The fourth-order valence-corrected chi connectivity index (χ4v) is 2.34. The van der Waals surface area contributed by atoms with Gasteiger partial charge in [-0.3, -0.25) is 9.88 Å². The van der Waals surface area contributed by atoms with Crippen LogP contribution in [0.2, 0.25) is 0 Å². The molecular weight excluding hydrogens is 238 g/mol. The second kappa shape index (κ2) is 9.02. The van der Waals surface area contributed by atoms with Crippen LogP contribution in [-0.4, -0.2) is 36.2 Å². The number of hydrogen-bond donors (Lipinski definition) is 1. The Morgan fingerprint density at radius 3 is 2.53 bits per heavy atom. The Hall–Kier alpha value is -0.970. The van der Waals surface area contributed by atoms with Gasteiger partial charge in [0, 0.05) is 32.8 Å². The molecule has 0 radical (unpaired) electrons. The quantitative estimate of drug-likeness (QED) is 0.743. The summed E-state index contributed by atoms with van der Waals surface area (Å²) in [7, 11) is 1.75. The Kier molecular flexibility index (Phi) is 7.63. The predicted octanol–water partition coefficient (Wildman–Crippen LogP) is 2.18. The van der Waals surface area contributed by atoms with Gasteiger partial charge >= 0.3 is 0 Å². The molecule has 1 aromatic rings. The molecule has 0 unspecified atom stereocenters. The molecule has 4 heteroatoms. The van der Waals surface area contributed by atoms with Crippen LogP contribution in [0.4, 0.5) is 0 Å². The summed E-state index contributed by atoms with van der Waals surface area (Å²) in [6.45, 7) is 7.53. The molecular formula is C15H27N3O. The molecule has 0 fully saturated rings. The Balaban J connectivity index is 2.74. The van der Waals surface area contributed by atoms with Crippen molar-refractivity contribution in [2.45, 2.75) is 45.8 Å². The van der Waals surface area contributed by atoms with E-state index < -0.39 is 0 Å². The van der Waals surface area contributed by atoms with Crippen molar-refractivity contribution in [1.29, 1.82) is 0 Å². The van der Waals surface area contributed by atoms with Crippen LogP contribution >= 0.6 is 0 Å². The molecule has 0 saturated carbocycles. The molecule has 1 heterocycles. The summed E-state index contributed by atoms with van der Waals surface area (Å²) in [5.74, 6) is 0. The summed E-state index contributed by atoms with van der Waals surface area (Å²) in [4.78, 5) is 7.03. The van der Waals surface area contributed by atoms with E-state index in [2.05, 4.69) is 29.8 Å². The fraction of sp³-hybridized carbons (Fsp3) is 0.667. The lowest BCUT2D eigenvalue weighted by Crippen LogP contribution is -2.36. The number of aromatic nitrogens is 1. The lowest BCUT2D eigenvalue weighted by molar-refractivity contribution is 0.109. The number of pyridine rings is 1. The zero-order valence-electron chi connectivity index (χ0n) is 12.4. The van der Waals surface area contributed by atoms with E-state index in [1.54, 1.807) is 7.11 Å². The number of nitrogens with zero attached hydrogens (tertiary/aromatic N) is 2. The Morgan fingerprint density at radius 2 is 1.95 bits per heavy atom. The molecule has 2 N–H and O–H groups in total. The summed E-state index contributed by atoms with van der Waals surface area (Å²) in [5.41, 5.74) is 7.69. The molecule has 1 aromatic heterocycles. The first-order valence-electron chi connectivity index (χ1n) is 7.12. The van der Waals surface area contributed by atoms with Crippen LogP contribution in [0.15, 0.2) is 18.2 Å². The molecule has 0 amide bonds. The minimum atomic E-state index is 0.497. The lowest BCUT2D eigenvalue weighted by Gasteiger charge is -2.30. The van der Waals surface area contributed by atoms with Crippen LogP contribution in [0.5, 0.6) is 0 Å². The molecule has 0 aliphatic rings. The van der Waals surface area contributed by atoms with Crippen LogP contribution in [0.1, 0.15) is 38.1 Å². The van der Waals surface area contributed by atoms with E-state index >= 15 is 0 Å². The molecule has 4 nitrogen and oxygen atoms in total. The van der Waals surface area contributed by atoms with Crippen molar-refractivity contribution in [2.24, 2.45) is 5.73 Å². The number of rotatable bonds is 9. The van der Waals surface area contributed by atoms with Gasteiger partial charge in [0.15, 0.2) is 0 Å². The van der Waals surface area contributed by atoms with E-state index in [0.717, 1.165) is 43.9 Å². The molecule has 0 atom stereocenters. The highest BCUT2D eigenvalue weighted by atomic mass is 16.5. The zero-order valence-corrected chi connectivity index (χ0v) is 12.4. The van der Waals surface area contributed by atoms with Crippen molar-refractivity contribution in [2.75, 3.05) is 20.3 Å². The van der Waals surface area contributed by atoms with Crippen LogP contribution in [0, 0.1) is 0 Å². The lowest BCUT2D eigenvalue weighted by atomic mass is 10.1. The van der Waals surface area contributed by atoms with E-state index in [4.69, 9.17) is 10.5 Å². The van der Waals surface area contributed by atoms with E-state index in [-0.39, 0.29) is 0 Å². The molecule has 108 valence electrons. The average molecular weight is 265 g/mol. The Morgan fingerprint density at radius 1 is 1.26 bits per heavy atom. The summed E-state index contributed by atoms with van der Waals surface area (Å²) in [5, 5.41) is 0. The molecule has 19 heavy (non-hydrogen) atoms. The maximum absolute atomic E-state index is 5.65. The number of hydrogen-bond acceptors (Lipinski definition) is 4. The van der Waals surface area contributed by atoms with Gasteiger partial charge in [0.25, 0.3) is 0 Å². The molecule has 0 aliphatic carbocycles. The first-order chi connectivity index (χ1) is 9.24. The molecule has 0 spiro atoms. The summed E-state index contributed by atoms with van der Waals surface area (Å²) < 4.78 is 5.21. The third kappa shape index (κ3) is 5.27. The molecule has 0 bridgehead atoms. The van der Waals surface area contributed by atoms with Crippen molar-refractivity contribution in [1.82, 2.24) is 9.88 Å². The topological polar surface area (TPSA) is 51.4 Å². The summed E-state index contributed by atoms with van der Waals surface area (Å²) in [6, 6.07) is 6.66. The normalized spacial score (nSPS) is 11.5. The monoisotopic (exact) mass is 265 g/mol. The number of methoxy groups -OCH3 is 1. The average Bonchev–Trinajstić information content (AvgIpc) is 2.46. The van der Waals surface area contributed by atoms with E-state index in [1.807, 2.05) is 12.1 Å².